The van der Waals surface area contributed by atoms with Crippen molar-refractivity contribution in [2.45, 2.75) is 19.8 Å². The highest BCUT2D eigenvalue weighted by Gasteiger charge is 2.27. The molecule has 1 saturated heterocycles. The largest absolute Gasteiger partial charge is 0.478 e. The lowest BCUT2D eigenvalue weighted by Gasteiger charge is -2.27. The minimum atomic E-state index is -1.39. The van der Waals surface area contributed by atoms with Crippen molar-refractivity contribution >= 4 is 23.3 Å². The van der Waals surface area contributed by atoms with Crippen LogP contribution in [0.1, 0.15) is 28.8 Å². The molecule has 0 spiro atoms. The molecule has 0 aliphatic carbocycles. The van der Waals surface area contributed by atoms with E-state index in [1.807, 2.05) is 0 Å². The summed E-state index contributed by atoms with van der Waals surface area (Å²) in [4.78, 5) is 35.2. The minimum Gasteiger partial charge on any atom is -0.478 e. The van der Waals surface area contributed by atoms with Crippen LogP contribution in [0.4, 0.5) is 10.1 Å². The molecule has 6 heteroatoms. The van der Waals surface area contributed by atoms with Gasteiger partial charge in [0.1, 0.15) is 11.6 Å². The Hall–Kier alpha value is -2.24. The Morgan fingerprint density at radius 2 is 2.05 bits per heavy atom. The number of benzene rings is 1. The fourth-order valence-corrected chi connectivity index (χ4v) is 2.08. The van der Waals surface area contributed by atoms with Crippen LogP contribution in [0.15, 0.2) is 12.1 Å². The van der Waals surface area contributed by atoms with Gasteiger partial charge < -0.3 is 10.0 Å². The van der Waals surface area contributed by atoms with E-state index in [1.165, 1.54) is 4.90 Å². The van der Waals surface area contributed by atoms with Crippen molar-refractivity contribution in [2.24, 2.45) is 0 Å². The van der Waals surface area contributed by atoms with Gasteiger partial charge in [-0.25, -0.2) is 9.18 Å². The molecule has 2 rings (SSSR count). The van der Waals surface area contributed by atoms with Gasteiger partial charge in [-0.2, -0.15) is 0 Å². The maximum Gasteiger partial charge on any atom is 0.338 e. The summed E-state index contributed by atoms with van der Waals surface area (Å²) < 4.78 is 13.5. The first kappa shape index (κ1) is 13.2. The first-order valence-corrected chi connectivity index (χ1v) is 5.75. The molecule has 1 aliphatic heterocycles. The van der Waals surface area contributed by atoms with Gasteiger partial charge in [0.25, 0.3) is 0 Å². The lowest BCUT2D eigenvalue weighted by atomic mass is 10.0. The van der Waals surface area contributed by atoms with Crippen LogP contribution in [-0.2, 0) is 9.59 Å². The molecule has 0 saturated carbocycles. The summed E-state index contributed by atoms with van der Waals surface area (Å²) in [6.07, 6.45) is 0.0319. The second kappa shape index (κ2) is 4.79. The Balaban J connectivity index is 2.44. The third-order valence-electron chi connectivity index (χ3n) is 3.07. The van der Waals surface area contributed by atoms with Crippen LogP contribution in [0, 0.1) is 12.7 Å². The Morgan fingerprint density at radius 3 is 2.63 bits per heavy atom. The summed E-state index contributed by atoms with van der Waals surface area (Å²) >= 11 is 0. The number of rotatable bonds is 2. The summed E-state index contributed by atoms with van der Waals surface area (Å²) in [5.74, 6) is -2.75. The summed E-state index contributed by atoms with van der Waals surface area (Å²) in [6.45, 7) is 1.79. The average molecular weight is 265 g/mol. The molecule has 0 bridgehead atoms. The predicted octanol–water partition coefficient (Wildman–Crippen LogP) is 1.53. The second-order valence-corrected chi connectivity index (χ2v) is 4.43. The molecule has 0 aromatic heterocycles. The van der Waals surface area contributed by atoms with E-state index in [2.05, 4.69) is 0 Å². The van der Waals surface area contributed by atoms with Gasteiger partial charge in [-0.1, -0.05) is 0 Å². The second-order valence-electron chi connectivity index (χ2n) is 4.43. The normalized spacial score (nSPS) is 15.8. The number of ketones is 1. The number of hydrogen-bond donors (Lipinski definition) is 1. The molecule has 0 atom stereocenters. The van der Waals surface area contributed by atoms with Gasteiger partial charge in [-0.3, -0.25) is 9.59 Å². The van der Waals surface area contributed by atoms with Gasteiger partial charge in [0.05, 0.1) is 12.0 Å². The fourth-order valence-electron chi connectivity index (χ4n) is 2.08. The number of piperidine rings is 1. The molecule has 1 aliphatic rings. The topological polar surface area (TPSA) is 74.7 Å². The fraction of sp³-hybridized carbons (Fsp3) is 0.308. The zero-order valence-corrected chi connectivity index (χ0v) is 10.3. The molecule has 0 radical (unpaired) electrons. The molecule has 100 valence electrons. The molecule has 5 nitrogen and oxygen atoms in total. The number of anilines is 1. The number of aryl methyl sites for hydroxylation is 1. The Morgan fingerprint density at radius 1 is 1.37 bits per heavy atom. The lowest BCUT2D eigenvalue weighted by molar-refractivity contribution is -0.128. The average Bonchev–Trinajstić information content (AvgIpc) is 2.30. The smallest absolute Gasteiger partial charge is 0.338 e. The third-order valence-corrected chi connectivity index (χ3v) is 3.07. The van der Waals surface area contributed by atoms with Crippen molar-refractivity contribution < 1.29 is 23.9 Å². The van der Waals surface area contributed by atoms with E-state index in [9.17, 15) is 18.8 Å². The SMILES string of the molecule is Cc1cc(F)c(C(=O)O)cc1N1CCC(=O)CC1=O. The van der Waals surface area contributed by atoms with Gasteiger partial charge in [0, 0.05) is 18.7 Å². The highest BCUT2D eigenvalue weighted by molar-refractivity contribution is 6.09. The molecule has 1 fully saturated rings. The van der Waals surface area contributed by atoms with Crippen molar-refractivity contribution in [1.29, 1.82) is 0 Å². The number of carbonyl (C=O) groups excluding carboxylic acids is 2. The van der Waals surface area contributed by atoms with Crippen LogP contribution < -0.4 is 4.90 Å². The van der Waals surface area contributed by atoms with E-state index in [-0.39, 0.29) is 31.1 Å². The van der Waals surface area contributed by atoms with Gasteiger partial charge in [-0.05, 0) is 24.6 Å². The number of hydrogen-bond acceptors (Lipinski definition) is 3. The Bertz CT molecular complexity index is 582. The van der Waals surface area contributed by atoms with E-state index >= 15 is 0 Å². The van der Waals surface area contributed by atoms with Crippen LogP contribution in [0.25, 0.3) is 0 Å². The van der Waals surface area contributed by atoms with Crippen molar-refractivity contribution in [2.75, 3.05) is 11.4 Å². The Labute approximate surface area is 108 Å². The van der Waals surface area contributed by atoms with E-state index in [4.69, 9.17) is 5.11 Å². The summed E-state index contributed by atoms with van der Waals surface area (Å²) in [6, 6.07) is 2.23. The quantitative estimate of drug-likeness (QED) is 0.823. The molecular weight excluding hydrogens is 253 g/mol. The summed E-state index contributed by atoms with van der Waals surface area (Å²) in [5, 5.41) is 8.89. The van der Waals surface area contributed by atoms with Crippen LogP contribution in [0.3, 0.4) is 0 Å². The van der Waals surface area contributed by atoms with Crippen molar-refractivity contribution in [3.05, 3.63) is 29.1 Å². The monoisotopic (exact) mass is 265 g/mol. The van der Waals surface area contributed by atoms with E-state index in [1.54, 1.807) is 6.92 Å². The molecule has 1 amide bonds. The van der Waals surface area contributed by atoms with Crippen LogP contribution in [0.5, 0.6) is 0 Å². The number of aromatic carboxylic acids is 1. The van der Waals surface area contributed by atoms with Gasteiger partial charge in [0.2, 0.25) is 5.91 Å². The number of amides is 1. The number of carboxylic acid groups (broad SMARTS) is 1. The zero-order valence-electron chi connectivity index (χ0n) is 10.3. The minimum absolute atomic E-state index is 0.139. The van der Waals surface area contributed by atoms with Crippen molar-refractivity contribution in [1.82, 2.24) is 0 Å². The van der Waals surface area contributed by atoms with Crippen molar-refractivity contribution in [3.8, 4) is 0 Å². The maximum atomic E-state index is 13.5. The molecule has 1 aromatic carbocycles. The zero-order chi connectivity index (χ0) is 14.2. The number of halogens is 1. The summed E-state index contributed by atoms with van der Waals surface area (Å²) in [5.41, 5.74) is 0.326. The van der Waals surface area contributed by atoms with Gasteiger partial charge >= 0.3 is 5.97 Å². The first-order chi connectivity index (χ1) is 8.90. The number of carboxylic acids is 1. The molecule has 1 aromatic rings. The van der Waals surface area contributed by atoms with E-state index in [0.29, 0.717) is 11.3 Å². The van der Waals surface area contributed by atoms with Gasteiger partial charge in [0.15, 0.2) is 0 Å². The standard InChI is InChI=1S/C13H12FNO4/c1-7-4-10(14)9(13(18)19)6-11(7)15-3-2-8(16)5-12(15)17/h4,6H,2-3,5H2,1H3,(H,18,19). The molecule has 19 heavy (non-hydrogen) atoms. The predicted molar refractivity (Wildman–Crippen MR) is 64.7 cm³/mol. The highest BCUT2D eigenvalue weighted by Crippen LogP contribution is 2.26. The van der Waals surface area contributed by atoms with Gasteiger partial charge in [-0.15, -0.1) is 0 Å². The highest BCUT2D eigenvalue weighted by atomic mass is 19.1. The third kappa shape index (κ3) is 2.47. The molecule has 0 unspecified atom stereocenters. The molecular formula is C13H12FNO4. The maximum absolute atomic E-state index is 13.5. The molecule has 1 N–H and O–H groups in total. The van der Waals surface area contributed by atoms with Crippen LogP contribution >= 0.6 is 0 Å². The van der Waals surface area contributed by atoms with Crippen LogP contribution in [0.2, 0.25) is 0 Å². The number of carbonyl (C=O) groups is 3. The molecule has 1 heterocycles. The first-order valence-electron chi connectivity index (χ1n) is 5.75. The van der Waals surface area contributed by atoms with E-state index < -0.39 is 17.3 Å². The summed E-state index contributed by atoms with van der Waals surface area (Å²) in [7, 11) is 0. The number of Topliss-reactive ketones (excluding diaryl/α,β-unsaturated/α-hetero) is 1. The number of nitrogens with zero attached hydrogens (tertiary/aromatic N) is 1. The Kier molecular flexibility index (Phi) is 3.33. The van der Waals surface area contributed by atoms with Crippen molar-refractivity contribution in [3.63, 3.8) is 0 Å². The lowest BCUT2D eigenvalue weighted by Crippen LogP contribution is -2.39. The van der Waals surface area contributed by atoms with E-state index in [0.717, 1.165) is 12.1 Å². The van der Waals surface area contributed by atoms with Crippen LogP contribution in [-0.4, -0.2) is 29.3 Å².